The highest BCUT2D eigenvalue weighted by atomic mass is 35.5. The zero-order chi connectivity index (χ0) is 24.4. The lowest BCUT2D eigenvalue weighted by Crippen LogP contribution is -2.41. The molecule has 1 saturated heterocycles. The molecule has 0 aliphatic carbocycles. The molecule has 1 fully saturated rings. The molecule has 9 nitrogen and oxygen atoms in total. The zero-order valence-electron chi connectivity index (χ0n) is 18.7. The van der Waals surface area contributed by atoms with Crippen molar-refractivity contribution in [2.24, 2.45) is 0 Å². The lowest BCUT2D eigenvalue weighted by atomic mass is 10.1. The number of anilines is 1. The Morgan fingerprint density at radius 1 is 1.21 bits per heavy atom. The van der Waals surface area contributed by atoms with E-state index in [4.69, 9.17) is 11.6 Å². The molecule has 1 atom stereocenters. The van der Waals surface area contributed by atoms with E-state index in [1.165, 1.54) is 4.90 Å². The molecular weight excluding hydrogens is 488 g/mol. The SMILES string of the molecule is CCCS(=O)(=O)c1ncc(Cl)c(C(=O)N(Cc2ccc(N(C)C)cc2)C2CCS(=O)(=O)C2)n1. The van der Waals surface area contributed by atoms with E-state index < -0.39 is 36.8 Å². The molecule has 1 amide bonds. The van der Waals surface area contributed by atoms with Crippen LogP contribution in [0.3, 0.4) is 0 Å². The summed E-state index contributed by atoms with van der Waals surface area (Å²) in [5, 5.41) is -0.560. The van der Waals surface area contributed by atoms with Crippen molar-refractivity contribution in [2.75, 3.05) is 36.3 Å². The van der Waals surface area contributed by atoms with Crippen LogP contribution in [-0.4, -0.2) is 75.0 Å². The summed E-state index contributed by atoms with van der Waals surface area (Å²) in [4.78, 5) is 24.7. The highest BCUT2D eigenvalue weighted by Crippen LogP contribution is 2.25. The van der Waals surface area contributed by atoms with E-state index in [9.17, 15) is 21.6 Å². The number of hydrogen-bond acceptors (Lipinski definition) is 8. The number of nitrogens with zero attached hydrogens (tertiary/aromatic N) is 4. The normalized spacial score (nSPS) is 17.6. The lowest BCUT2D eigenvalue weighted by molar-refractivity contribution is 0.0674. The van der Waals surface area contributed by atoms with Crippen LogP contribution in [-0.2, 0) is 26.2 Å². The Hall–Kier alpha value is -2.24. The van der Waals surface area contributed by atoms with E-state index in [-0.39, 0.29) is 40.9 Å². The summed E-state index contributed by atoms with van der Waals surface area (Å²) < 4.78 is 49.1. The zero-order valence-corrected chi connectivity index (χ0v) is 21.1. The Kier molecular flexibility index (Phi) is 7.65. The number of rotatable bonds is 8. The van der Waals surface area contributed by atoms with Gasteiger partial charge < -0.3 is 9.80 Å². The van der Waals surface area contributed by atoms with Crippen LogP contribution in [0.1, 0.15) is 35.8 Å². The van der Waals surface area contributed by atoms with Crippen molar-refractivity contribution in [3.63, 3.8) is 0 Å². The molecule has 2 aromatic rings. The average molecular weight is 515 g/mol. The van der Waals surface area contributed by atoms with Crippen molar-refractivity contribution in [1.29, 1.82) is 0 Å². The summed E-state index contributed by atoms with van der Waals surface area (Å²) in [5.41, 5.74) is 1.52. The van der Waals surface area contributed by atoms with Crippen LogP contribution in [0.2, 0.25) is 5.02 Å². The highest BCUT2D eigenvalue weighted by molar-refractivity contribution is 7.91. The molecule has 1 aliphatic heterocycles. The summed E-state index contributed by atoms with van der Waals surface area (Å²) in [5.74, 6) is -0.980. The average Bonchev–Trinajstić information content (AvgIpc) is 3.11. The van der Waals surface area contributed by atoms with Crippen LogP contribution in [0, 0.1) is 0 Å². The van der Waals surface area contributed by atoms with E-state index >= 15 is 0 Å². The van der Waals surface area contributed by atoms with Gasteiger partial charge in [0.25, 0.3) is 5.91 Å². The molecule has 3 rings (SSSR count). The maximum atomic E-state index is 13.5. The highest BCUT2D eigenvalue weighted by Gasteiger charge is 2.36. The largest absolute Gasteiger partial charge is 0.378 e. The predicted octanol–water partition coefficient (Wildman–Crippen LogP) is 2.21. The van der Waals surface area contributed by atoms with Gasteiger partial charge in [0.2, 0.25) is 15.0 Å². The van der Waals surface area contributed by atoms with Gasteiger partial charge in [0.15, 0.2) is 15.5 Å². The fraction of sp³-hybridized carbons (Fsp3) is 0.476. The Morgan fingerprint density at radius 3 is 2.42 bits per heavy atom. The Balaban J connectivity index is 1.99. The molecule has 180 valence electrons. The van der Waals surface area contributed by atoms with Crippen LogP contribution in [0.25, 0.3) is 0 Å². The van der Waals surface area contributed by atoms with E-state index in [2.05, 4.69) is 9.97 Å². The maximum absolute atomic E-state index is 13.5. The van der Waals surface area contributed by atoms with Gasteiger partial charge in [0, 0.05) is 32.4 Å². The first-order valence-electron chi connectivity index (χ1n) is 10.5. The molecule has 1 aromatic carbocycles. The van der Waals surface area contributed by atoms with Crippen molar-refractivity contribution in [1.82, 2.24) is 14.9 Å². The van der Waals surface area contributed by atoms with Gasteiger partial charge in [-0.15, -0.1) is 0 Å². The molecule has 0 bridgehead atoms. The second-order valence-electron chi connectivity index (χ2n) is 8.22. The topological polar surface area (TPSA) is 118 Å². The molecule has 1 aliphatic rings. The van der Waals surface area contributed by atoms with Crippen LogP contribution in [0.4, 0.5) is 5.69 Å². The molecule has 33 heavy (non-hydrogen) atoms. The minimum atomic E-state index is -3.77. The van der Waals surface area contributed by atoms with Crippen molar-refractivity contribution < 1.29 is 21.6 Å². The number of benzene rings is 1. The summed E-state index contributed by atoms with van der Waals surface area (Å²) in [6.07, 6.45) is 1.75. The van der Waals surface area contributed by atoms with Crippen LogP contribution >= 0.6 is 11.6 Å². The minimum Gasteiger partial charge on any atom is -0.378 e. The fourth-order valence-electron chi connectivity index (χ4n) is 3.63. The summed E-state index contributed by atoms with van der Waals surface area (Å²) in [7, 11) is -3.22. The predicted molar refractivity (Wildman–Crippen MR) is 127 cm³/mol. The number of sulfone groups is 2. The third-order valence-electron chi connectivity index (χ3n) is 5.39. The fourth-order valence-corrected chi connectivity index (χ4v) is 6.70. The number of halogens is 1. The minimum absolute atomic E-state index is 0.0192. The van der Waals surface area contributed by atoms with Gasteiger partial charge in [-0.1, -0.05) is 30.7 Å². The summed E-state index contributed by atoms with van der Waals surface area (Å²) in [6, 6.07) is 6.94. The van der Waals surface area contributed by atoms with Gasteiger partial charge >= 0.3 is 0 Å². The standard InChI is InChI=1S/C21H27ClN4O5S2/c1-4-10-33(30,31)21-23-12-18(22)19(24-21)20(27)26(17-9-11-32(28,29)14-17)13-15-5-7-16(8-6-15)25(2)3/h5-8,12,17H,4,9-11,13-14H2,1-3H3. The van der Waals surface area contributed by atoms with Gasteiger partial charge in [-0.05, 0) is 30.5 Å². The number of aromatic nitrogens is 2. The maximum Gasteiger partial charge on any atom is 0.274 e. The van der Waals surface area contributed by atoms with Gasteiger partial charge in [-0.25, -0.2) is 26.8 Å². The summed E-state index contributed by atoms with van der Waals surface area (Å²) in [6.45, 7) is 1.84. The first-order chi connectivity index (χ1) is 15.4. The van der Waals surface area contributed by atoms with E-state index in [0.717, 1.165) is 17.4 Å². The molecular formula is C21H27ClN4O5S2. The van der Waals surface area contributed by atoms with Gasteiger partial charge in [0.1, 0.15) is 0 Å². The second-order valence-corrected chi connectivity index (χ2v) is 12.9. The molecule has 2 heterocycles. The van der Waals surface area contributed by atoms with Crippen LogP contribution in [0.15, 0.2) is 35.6 Å². The van der Waals surface area contributed by atoms with Gasteiger partial charge in [-0.2, -0.15) is 0 Å². The summed E-state index contributed by atoms with van der Waals surface area (Å²) >= 11 is 6.19. The van der Waals surface area contributed by atoms with Crippen molar-refractivity contribution in [3.8, 4) is 0 Å². The Morgan fingerprint density at radius 2 is 1.88 bits per heavy atom. The Labute approximate surface area is 199 Å². The number of amides is 1. The molecule has 0 saturated carbocycles. The third kappa shape index (κ3) is 6.01. The molecule has 0 spiro atoms. The molecule has 0 radical (unpaired) electrons. The van der Waals surface area contributed by atoms with Crippen LogP contribution in [0.5, 0.6) is 0 Å². The van der Waals surface area contributed by atoms with Gasteiger partial charge in [0.05, 0.1) is 28.5 Å². The number of carbonyl (C=O) groups excluding carboxylic acids is 1. The Bertz CT molecular complexity index is 1230. The second kappa shape index (κ2) is 9.94. The van der Waals surface area contributed by atoms with Gasteiger partial charge in [-0.3, -0.25) is 4.79 Å². The van der Waals surface area contributed by atoms with Crippen molar-refractivity contribution >= 4 is 42.9 Å². The monoisotopic (exact) mass is 514 g/mol. The van der Waals surface area contributed by atoms with Crippen molar-refractivity contribution in [2.45, 2.75) is 37.5 Å². The first-order valence-corrected chi connectivity index (χ1v) is 14.3. The third-order valence-corrected chi connectivity index (χ3v) is 9.12. The van der Waals surface area contributed by atoms with E-state index in [0.29, 0.717) is 6.42 Å². The molecule has 1 unspecified atom stereocenters. The molecule has 12 heteroatoms. The molecule has 1 aromatic heterocycles. The lowest BCUT2D eigenvalue weighted by Gasteiger charge is -2.28. The quantitative estimate of drug-likeness (QED) is 0.492. The first kappa shape index (κ1) is 25.4. The van der Waals surface area contributed by atoms with E-state index in [1.807, 2.05) is 43.3 Å². The smallest absolute Gasteiger partial charge is 0.274 e. The van der Waals surface area contributed by atoms with Crippen molar-refractivity contribution in [3.05, 3.63) is 46.7 Å². The van der Waals surface area contributed by atoms with E-state index in [1.54, 1.807) is 6.92 Å². The number of carbonyl (C=O) groups is 1. The van der Waals surface area contributed by atoms with Crippen LogP contribution < -0.4 is 4.90 Å². The number of hydrogen-bond donors (Lipinski definition) is 0. The molecule has 0 N–H and O–H groups in total.